The molecular weight excluding hydrogens is 1150 g/mol. The Labute approximate surface area is 451 Å². The molecule has 0 aliphatic rings. The average Bonchev–Trinajstić information content (AvgIpc) is 3.44. The normalized spacial score (nSPS) is 11.3. The zero-order valence-electron chi connectivity index (χ0n) is 43.0. The summed E-state index contributed by atoms with van der Waals surface area (Å²) in [5.41, 5.74) is 0.320. The monoisotopic (exact) mass is 1210 g/mol. The van der Waals surface area contributed by atoms with Gasteiger partial charge >= 0.3 is 12.4 Å². The summed E-state index contributed by atoms with van der Waals surface area (Å²) in [6.07, 6.45) is -8.88. The van der Waals surface area contributed by atoms with Gasteiger partial charge in [0.2, 0.25) is 0 Å². The zero-order valence-corrected chi connectivity index (χ0v) is 43.8. The second-order valence-electron chi connectivity index (χ2n) is 16.5. The molecule has 0 bridgehead atoms. The molecule has 6 aromatic rings. The summed E-state index contributed by atoms with van der Waals surface area (Å²) in [6.45, 7) is 4.18. The molecule has 0 aliphatic heterocycles. The topological polar surface area (TPSA) is 162 Å². The first-order valence-electron chi connectivity index (χ1n) is 23.6. The number of alkyl halides is 9. The van der Waals surface area contributed by atoms with Gasteiger partial charge < -0.3 is 28.8 Å². The minimum Gasteiger partial charge on any atom is -0.508 e. The van der Waals surface area contributed by atoms with Gasteiger partial charge in [0.25, 0.3) is 0 Å². The summed E-state index contributed by atoms with van der Waals surface area (Å²) in [5, 5.41) is 46.2. The van der Waals surface area contributed by atoms with E-state index in [2.05, 4.69) is 59.9 Å². The van der Waals surface area contributed by atoms with E-state index in [4.69, 9.17) is 55.8 Å². The van der Waals surface area contributed by atoms with Crippen LogP contribution in [0.4, 0.5) is 26.3 Å². The fourth-order valence-electron chi connectivity index (χ4n) is 6.08. The van der Waals surface area contributed by atoms with Crippen LogP contribution >= 0.6 is 47.8 Å². The van der Waals surface area contributed by atoms with Crippen LogP contribution in [0.15, 0.2) is 133 Å². The van der Waals surface area contributed by atoms with Crippen LogP contribution in [0.1, 0.15) is 51.9 Å². The minimum atomic E-state index is -4.49. The van der Waals surface area contributed by atoms with E-state index >= 15 is 0 Å². The molecule has 0 saturated heterocycles. The highest BCUT2D eigenvalue weighted by Crippen LogP contribution is 2.35. The van der Waals surface area contributed by atoms with Gasteiger partial charge in [-0.25, -0.2) is 0 Å². The SMILES string of the molecule is Cc1cc(O)cc(C(F)(F)F)c1.Cc1cc(OCC(CBr)(COc2ccc(C#N)cc2)COc2ccc(C#N)cc2)cc(C(F)(F)F)c1.N#Cc1ccc(OCC(CBr)(CBr)COc2ccc(C#N)cc2)cc1.[3HH].[3H][3H].[3H][3H]. The highest BCUT2D eigenvalue weighted by molar-refractivity contribution is 9.10. The maximum Gasteiger partial charge on any atom is 0.416 e. The number of aromatic hydroxyl groups is 1. The summed E-state index contributed by atoms with van der Waals surface area (Å²) in [5.74, 6) is 2.19. The fourth-order valence-corrected chi connectivity index (χ4v) is 8.14. The van der Waals surface area contributed by atoms with E-state index in [0.717, 1.165) is 18.2 Å². The Hall–Kier alpha value is -6.90. The van der Waals surface area contributed by atoms with Crippen molar-refractivity contribution in [1.29, 1.82) is 21.0 Å². The molecule has 6 aromatic carbocycles. The Morgan fingerprint density at radius 2 is 0.699 bits per heavy atom. The second kappa shape index (κ2) is 27.8. The van der Waals surface area contributed by atoms with Gasteiger partial charge in [-0.05, 0) is 158 Å². The fraction of sp³-hybridized carbons (Fsp3) is 0.259. The van der Waals surface area contributed by atoms with Gasteiger partial charge in [-0.15, -0.1) is 0 Å². The first-order chi connectivity index (χ1) is 36.7. The number of benzene rings is 6. The number of hydrogen-bond donors (Lipinski definition) is 1. The average molecular weight is 1220 g/mol. The van der Waals surface area contributed by atoms with Crippen molar-refractivity contribution in [3.05, 3.63) is 178 Å². The zero-order chi connectivity index (χ0) is 57.7. The smallest absolute Gasteiger partial charge is 0.416 e. The molecule has 6 rings (SSSR count). The molecule has 0 aromatic heterocycles. The Morgan fingerprint density at radius 3 is 0.973 bits per heavy atom. The molecule has 0 radical (unpaired) electrons. The predicted molar refractivity (Wildman–Crippen MR) is 279 cm³/mol. The van der Waals surface area contributed by atoms with Crippen LogP contribution in [-0.4, -0.2) is 54.1 Å². The molecule has 0 fully saturated rings. The van der Waals surface area contributed by atoms with Crippen molar-refractivity contribution in [1.82, 2.24) is 0 Å². The molecule has 0 atom stereocenters. The first kappa shape index (κ1) is 55.4. The number of hydrogen-bond acceptors (Lipinski definition) is 10. The molecule has 19 heteroatoms. The van der Waals surface area contributed by atoms with Crippen LogP contribution in [0.3, 0.4) is 0 Å². The molecule has 0 saturated carbocycles. The van der Waals surface area contributed by atoms with Crippen LogP contribution in [-0.2, 0) is 12.4 Å². The van der Waals surface area contributed by atoms with Gasteiger partial charge in [-0.3, -0.25) is 0 Å². The van der Waals surface area contributed by atoms with Crippen LogP contribution in [0, 0.1) is 70.0 Å². The summed E-state index contributed by atoms with van der Waals surface area (Å²) in [4.78, 5) is 0. The number of ether oxygens (including phenoxy) is 5. The molecule has 73 heavy (non-hydrogen) atoms. The van der Waals surface area contributed by atoms with E-state index in [1.54, 1.807) is 104 Å². The van der Waals surface area contributed by atoms with E-state index in [9.17, 15) is 26.3 Å². The van der Waals surface area contributed by atoms with Gasteiger partial charge in [-0.1, -0.05) is 47.8 Å². The molecule has 10 nitrogen and oxygen atoms in total. The molecule has 0 heterocycles. The lowest BCUT2D eigenvalue weighted by molar-refractivity contribution is -0.138. The predicted octanol–water partition coefficient (Wildman–Crippen LogP) is 14.8. The minimum absolute atomic E-state index is 0. The van der Waals surface area contributed by atoms with Crippen LogP contribution < -0.4 is 23.7 Å². The molecular formula is C54H51Br3F6N4O6. The van der Waals surface area contributed by atoms with Crippen molar-refractivity contribution in [3.63, 3.8) is 0 Å². The first-order valence-corrected chi connectivity index (χ1v) is 25.0. The molecule has 1 N–H and O–H groups in total. The summed E-state index contributed by atoms with van der Waals surface area (Å²) in [7, 11) is 0. The lowest BCUT2D eigenvalue weighted by atomic mass is 9.94. The van der Waals surface area contributed by atoms with Crippen molar-refractivity contribution in [2.45, 2.75) is 26.2 Å². The third-order valence-electron chi connectivity index (χ3n) is 10.3. The van der Waals surface area contributed by atoms with Crippen molar-refractivity contribution in [2.75, 3.05) is 49.0 Å². The van der Waals surface area contributed by atoms with E-state index in [-0.39, 0.29) is 38.2 Å². The lowest BCUT2D eigenvalue weighted by Gasteiger charge is -2.31. The summed E-state index contributed by atoms with van der Waals surface area (Å²) >= 11 is 10.6. The second-order valence-corrected chi connectivity index (χ2v) is 18.2. The third kappa shape index (κ3) is 19.2. The van der Waals surface area contributed by atoms with Crippen molar-refractivity contribution in [3.8, 4) is 58.8 Å². The third-order valence-corrected chi connectivity index (χ3v) is 13.8. The molecule has 0 amide bonds. The van der Waals surface area contributed by atoms with Gasteiger partial charge in [0.1, 0.15) is 54.3 Å². The van der Waals surface area contributed by atoms with Gasteiger partial charge in [0.15, 0.2) is 0 Å². The number of phenolic OH excluding ortho intramolecular Hbond substituents is 1. The van der Waals surface area contributed by atoms with Gasteiger partial charge in [0.05, 0.1) is 81.7 Å². The Kier molecular flexibility index (Phi) is 21.1. The number of halogens is 9. The van der Waals surface area contributed by atoms with E-state index < -0.39 is 28.9 Å². The van der Waals surface area contributed by atoms with Crippen molar-refractivity contribution >= 4 is 47.8 Å². The van der Waals surface area contributed by atoms with Gasteiger partial charge in [-0.2, -0.15) is 47.4 Å². The molecule has 0 spiro atoms. The lowest BCUT2D eigenvalue weighted by Crippen LogP contribution is -2.42. The molecule has 0 aliphatic carbocycles. The van der Waals surface area contributed by atoms with Crippen LogP contribution in [0.2, 0.25) is 0 Å². The summed E-state index contributed by atoms with van der Waals surface area (Å²) < 4.78 is 125. The number of nitriles is 4. The maximum absolute atomic E-state index is 13.3. The Balaban J connectivity index is 0.000000625. The molecule has 386 valence electrons. The summed E-state index contributed by atoms with van der Waals surface area (Å²) in [6, 6.07) is 42.0. The Bertz CT molecular complexity index is 2760. The number of phenols is 1. The van der Waals surface area contributed by atoms with E-state index in [0.29, 0.717) is 91.6 Å². The van der Waals surface area contributed by atoms with E-state index in [1.165, 1.54) is 19.1 Å². The maximum atomic E-state index is 13.3. The molecule has 0 unspecified atom stereocenters. The van der Waals surface area contributed by atoms with E-state index in [1.807, 2.05) is 12.1 Å². The number of nitrogens with zero attached hydrogens (tertiary/aromatic N) is 4. The Morgan fingerprint density at radius 1 is 0.425 bits per heavy atom. The number of aryl methyl sites for hydroxylation is 2. The van der Waals surface area contributed by atoms with Crippen LogP contribution in [0.25, 0.3) is 0 Å². The highest BCUT2D eigenvalue weighted by atomic mass is 79.9. The van der Waals surface area contributed by atoms with Gasteiger partial charge in [0, 0.05) is 23.4 Å². The largest absolute Gasteiger partial charge is 0.508 e. The quantitative estimate of drug-likeness (QED) is 0.0648. The highest BCUT2D eigenvalue weighted by Gasteiger charge is 2.35. The van der Waals surface area contributed by atoms with Crippen molar-refractivity contribution in [2.24, 2.45) is 10.8 Å². The standard InChI is InChI=1S/C27H22BrF3N2O3.C19H16Br2N2O2.C8H7F3O.3H2/c1-19-10-22(27(29,30)31)12-25(11-19)36-18-26(15-28,16-34-23-6-2-20(13-32)3-7-23)17-35-24-8-4-21(14-33)5-9-24;20-11-19(12-21,13-24-17-5-1-15(9-22)2-6-17)14-25-18-7-3-16(10-23)4-8-18;1-5-2-6(8(9,10)11)4-7(12)3-5;;;/h2-12H,15-18H2,1H3;1-8H,11-14H2;2-4,12H,1H3;3*1H/i;;;2*1+2T;1+2. The van der Waals surface area contributed by atoms with Crippen molar-refractivity contribution < 1.29 is 62.5 Å². The van der Waals surface area contributed by atoms with Crippen LogP contribution in [0.5, 0.6) is 34.5 Å². The number of rotatable bonds is 18.